The number of ether oxygens (including phenoxy) is 2. The third-order valence-electron chi connectivity index (χ3n) is 6.17. The molecule has 0 saturated heterocycles. The van der Waals surface area contributed by atoms with Crippen LogP contribution in [0.5, 0.6) is 11.6 Å². The molecular formula is C26H27FN4O4S. The smallest absolute Gasteiger partial charge is 0.407 e. The number of methoxy groups -OCH3 is 1. The van der Waals surface area contributed by atoms with E-state index in [9.17, 15) is 9.90 Å². The summed E-state index contributed by atoms with van der Waals surface area (Å²) in [6.07, 6.45) is 0.932. The molecule has 0 saturated carbocycles. The lowest BCUT2D eigenvalue weighted by molar-refractivity contribution is 0.0541. The summed E-state index contributed by atoms with van der Waals surface area (Å²) >= 11 is 1.45. The lowest BCUT2D eigenvalue weighted by Crippen LogP contribution is -2.47. The highest BCUT2D eigenvalue weighted by Crippen LogP contribution is 2.45. The Morgan fingerprint density at radius 2 is 2.08 bits per heavy atom. The topological polar surface area (TPSA) is 97.7 Å². The summed E-state index contributed by atoms with van der Waals surface area (Å²) in [5, 5.41) is 10.4. The van der Waals surface area contributed by atoms with Crippen LogP contribution in [0.15, 0.2) is 24.4 Å². The average molecular weight is 511 g/mol. The van der Waals surface area contributed by atoms with Gasteiger partial charge in [-0.3, -0.25) is 0 Å². The van der Waals surface area contributed by atoms with Gasteiger partial charge in [-0.15, -0.1) is 11.3 Å². The van der Waals surface area contributed by atoms with Gasteiger partial charge in [0.15, 0.2) is 11.6 Å². The van der Waals surface area contributed by atoms with E-state index in [0.717, 1.165) is 21.4 Å². The Labute approximate surface area is 211 Å². The molecule has 1 unspecified atom stereocenters. The first-order chi connectivity index (χ1) is 17.1. The average Bonchev–Trinajstić information content (AvgIpc) is 3.38. The lowest BCUT2D eigenvalue weighted by atomic mass is 9.98. The van der Waals surface area contributed by atoms with Crippen molar-refractivity contribution in [1.29, 1.82) is 0 Å². The number of carbonyl (C=O) groups is 1. The lowest BCUT2D eigenvalue weighted by Gasteiger charge is -2.31. The Morgan fingerprint density at radius 1 is 1.31 bits per heavy atom. The van der Waals surface area contributed by atoms with Gasteiger partial charge in [-0.1, -0.05) is 13.8 Å². The van der Waals surface area contributed by atoms with E-state index in [-0.39, 0.29) is 18.2 Å². The Hall–Kier alpha value is -3.53. The number of fused-ring (bicyclic) bond motifs is 4. The van der Waals surface area contributed by atoms with Gasteiger partial charge in [0.2, 0.25) is 5.88 Å². The van der Waals surface area contributed by atoms with Crippen molar-refractivity contribution in [1.82, 2.24) is 19.9 Å². The van der Waals surface area contributed by atoms with Gasteiger partial charge in [0.25, 0.3) is 0 Å². The third-order valence-corrected chi connectivity index (χ3v) is 7.34. The van der Waals surface area contributed by atoms with E-state index in [0.29, 0.717) is 40.4 Å². The molecule has 188 valence electrons. The van der Waals surface area contributed by atoms with Crippen LogP contribution in [0.1, 0.15) is 31.9 Å². The molecule has 1 aliphatic rings. The van der Waals surface area contributed by atoms with Crippen LogP contribution in [-0.4, -0.2) is 56.9 Å². The molecule has 5 rings (SSSR count). The second-order valence-electron chi connectivity index (χ2n) is 9.91. The minimum Gasteiger partial charge on any atom is -0.482 e. The Kier molecular flexibility index (Phi) is 5.94. The monoisotopic (exact) mass is 510 g/mol. The molecule has 0 bridgehead atoms. The summed E-state index contributed by atoms with van der Waals surface area (Å²) in [6.45, 7) is 8.23. The van der Waals surface area contributed by atoms with Crippen LogP contribution in [0, 0.1) is 18.7 Å². The van der Waals surface area contributed by atoms with Gasteiger partial charge >= 0.3 is 6.09 Å². The summed E-state index contributed by atoms with van der Waals surface area (Å²) in [5.41, 5.74) is 3.55. The maximum absolute atomic E-state index is 15.2. The molecule has 2 aromatic carbocycles. The fourth-order valence-electron chi connectivity index (χ4n) is 4.77. The van der Waals surface area contributed by atoms with E-state index in [1.165, 1.54) is 22.3 Å². The minimum atomic E-state index is -1.01. The molecule has 1 N–H and O–H groups in total. The number of aromatic nitrogens is 3. The molecule has 0 aliphatic carbocycles. The number of carboxylic acid groups (broad SMARTS) is 1. The molecular weight excluding hydrogens is 483 g/mol. The predicted molar refractivity (Wildman–Crippen MR) is 137 cm³/mol. The summed E-state index contributed by atoms with van der Waals surface area (Å²) in [6, 6.07) is 5.31. The zero-order valence-corrected chi connectivity index (χ0v) is 21.6. The number of nitrogens with zero attached hydrogens (tertiary/aromatic N) is 4. The third kappa shape index (κ3) is 4.30. The Morgan fingerprint density at radius 3 is 2.78 bits per heavy atom. The van der Waals surface area contributed by atoms with Crippen molar-refractivity contribution in [3.63, 3.8) is 0 Å². The summed E-state index contributed by atoms with van der Waals surface area (Å²) < 4.78 is 27.3. The summed E-state index contributed by atoms with van der Waals surface area (Å²) in [4.78, 5) is 27.0. The Bertz CT molecular complexity index is 1500. The number of hydrogen-bond acceptors (Lipinski definition) is 7. The molecule has 0 spiro atoms. The van der Waals surface area contributed by atoms with Crippen molar-refractivity contribution >= 4 is 38.7 Å². The molecule has 1 aliphatic heterocycles. The van der Waals surface area contributed by atoms with Crippen LogP contribution >= 0.6 is 11.3 Å². The van der Waals surface area contributed by atoms with Crippen molar-refractivity contribution in [2.24, 2.45) is 5.92 Å². The van der Waals surface area contributed by atoms with Gasteiger partial charge in [0.1, 0.15) is 10.6 Å². The molecule has 10 heteroatoms. The van der Waals surface area contributed by atoms with Gasteiger partial charge in [-0.25, -0.2) is 24.1 Å². The quantitative estimate of drug-likeness (QED) is 0.356. The van der Waals surface area contributed by atoms with E-state index in [2.05, 4.69) is 9.97 Å². The van der Waals surface area contributed by atoms with Crippen molar-refractivity contribution < 1.29 is 23.8 Å². The zero-order valence-electron chi connectivity index (χ0n) is 20.8. The van der Waals surface area contributed by atoms with Crippen molar-refractivity contribution in [2.75, 3.05) is 20.2 Å². The highest BCUT2D eigenvalue weighted by molar-refractivity contribution is 7.22. The van der Waals surface area contributed by atoms with E-state index in [1.807, 2.05) is 39.8 Å². The van der Waals surface area contributed by atoms with E-state index < -0.39 is 17.5 Å². The number of rotatable bonds is 6. The van der Waals surface area contributed by atoms with Gasteiger partial charge < -0.3 is 19.5 Å². The van der Waals surface area contributed by atoms with Crippen molar-refractivity contribution in [3.05, 3.63) is 41.3 Å². The number of aryl methyl sites for hydroxylation is 1. The van der Waals surface area contributed by atoms with Crippen molar-refractivity contribution in [3.8, 4) is 22.2 Å². The van der Waals surface area contributed by atoms with Crippen LogP contribution < -0.4 is 9.47 Å². The maximum Gasteiger partial charge on any atom is 0.407 e. The first kappa shape index (κ1) is 24.2. The second kappa shape index (κ2) is 8.85. The van der Waals surface area contributed by atoms with E-state index in [4.69, 9.17) is 14.5 Å². The molecule has 1 atom stereocenters. The van der Waals surface area contributed by atoms with Gasteiger partial charge in [0, 0.05) is 30.2 Å². The van der Waals surface area contributed by atoms with Gasteiger partial charge in [-0.05, 0) is 37.5 Å². The molecule has 36 heavy (non-hydrogen) atoms. The van der Waals surface area contributed by atoms with Crippen LogP contribution in [-0.2, 0) is 6.42 Å². The summed E-state index contributed by atoms with van der Waals surface area (Å²) in [7, 11) is 1.55. The molecule has 2 aromatic heterocycles. The first-order valence-electron chi connectivity index (χ1n) is 11.7. The molecule has 8 nitrogen and oxygen atoms in total. The number of thiazole rings is 1. The molecule has 1 amide bonds. The molecule has 0 radical (unpaired) electrons. The number of halogens is 1. The molecule has 3 heterocycles. The second-order valence-corrected chi connectivity index (χ2v) is 10.9. The van der Waals surface area contributed by atoms with Crippen LogP contribution in [0.4, 0.5) is 9.18 Å². The molecule has 4 aromatic rings. The fraction of sp³-hybridized carbons (Fsp3) is 0.385. The fourth-order valence-corrected chi connectivity index (χ4v) is 5.87. The SMILES string of the molecule is COc1cnc2c(-c3nc4cc(F)c5c(c4s3)CC(C)(CN(CC(C)C)C(=O)O)O5)cc(C)cc2n1. The van der Waals surface area contributed by atoms with Gasteiger partial charge in [0.05, 0.1) is 41.1 Å². The first-order valence-corrected chi connectivity index (χ1v) is 12.5. The highest BCUT2D eigenvalue weighted by atomic mass is 32.1. The maximum atomic E-state index is 15.2. The van der Waals surface area contributed by atoms with Crippen LogP contribution in [0.25, 0.3) is 31.8 Å². The number of benzene rings is 2. The molecule has 0 fully saturated rings. The number of hydrogen-bond donors (Lipinski definition) is 1. The highest BCUT2D eigenvalue weighted by Gasteiger charge is 2.41. The zero-order chi connectivity index (χ0) is 25.8. The Balaban J connectivity index is 1.57. The van der Waals surface area contributed by atoms with E-state index >= 15 is 4.39 Å². The van der Waals surface area contributed by atoms with E-state index in [1.54, 1.807) is 13.3 Å². The predicted octanol–water partition coefficient (Wildman–Crippen LogP) is 5.69. The largest absolute Gasteiger partial charge is 0.482 e. The van der Waals surface area contributed by atoms with Crippen LogP contribution in [0.2, 0.25) is 0 Å². The van der Waals surface area contributed by atoms with Crippen LogP contribution in [0.3, 0.4) is 0 Å². The van der Waals surface area contributed by atoms with Crippen molar-refractivity contribution in [2.45, 2.75) is 39.7 Å². The number of amides is 1. The van der Waals surface area contributed by atoms with Gasteiger partial charge in [-0.2, -0.15) is 0 Å². The normalized spacial score (nSPS) is 17.0. The standard InChI is InChI=1S/C26H27FN4O4S/c1-13(2)11-31(25(32)33)12-26(4)9-16-22(35-26)17(27)8-19-23(16)36-24(30-19)15-6-14(3)7-18-21(15)28-10-20(29-18)34-5/h6-8,10,13H,9,11-12H2,1-5H3,(H,32,33). The summed E-state index contributed by atoms with van der Waals surface area (Å²) in [5.74, 6) is 0.261. The minimum absolute atomic E-state index is 0.141.